The summed E-state index contributed by atoms with van der Waals surface area (Å²) in [4.78, 5) is 11.6. The molecule has 7 heteroatoms. The van der Waals surface area contributed by atoms with Crippen molar-refractivity contribution in [3.8, 4) is 0 Å². The zero-order chi connectivity index (χ0) is 16.0. The molecule has 7 nitrogen and oxygen atoms in total. The second kappa shape index (κ2) is 11.5. The Morgan fingerprint density at radius 1 is 1.05 bits per heavy atom. The van der Waals surface area contributed by atoms with Crippen molar-refractivity contribution >= 4 is 11.9 Å². The van der Waals surface area contributed by atoms with Gasteiger partial charge in [0.25, 0.3) is 0 Å². The number of esters is 1. The third-order valence-electron chi connectivity index (χ3n) is 2.64. The Hall–Kier alpha value is -2.12. The van der Waals surface area contributed by atoms with Crippen molar-refractivity contribution in [1.29, 1.82) is 5.41 Å². The fraction of sp³-hybridized carbons (Fsp3) is 0.467. The van der Waals surface area contributed by atoms with E-state index in [1.54, 1.807) is 31.3 Å². The lowest BCUT2D eigenvalue weighted by atomic mass is 10.2. The minimum atomic E-state index is -0.349. The topological polar surface area (TPSA) is 92.7 Å². The van der Waals surface area contributed by atoms with Crippen LogP contribution in [0.5, 0.6) is 0 Å². The van der Waals surface area contributed by atoms with Crippen LogP contribution in [0.1, 0.15) is 10.4 Å². The summed E-state index contributed by atoms with van der Waals surface area (Å²) < 4.78 is 15.7. The average molecular weight is 309 g/mol. The third-order valence-corrected chi connectivity index (χ3v) is 2.64. The molecule has 0 radical (unpaired) electrons. The third kappa shape index (κ3) is 8.23. The molecule has 122 valence electrons. The van der Waals surface area contributed by atoms with Crippen LogP contribution in [-0.4, -0.2) is 58.6 Å². The van der Waals surface area contributed by atoms with Crippen LogP contribution >= 0.6 is 0 Å². The summed E-state index contributed by atoms with van der Waals surface area (Å²) in [5.41, 5.74) is 0.533. The fourth-order valence-corrected chi connectivity index (χ4v) is 1.51. The van der Waals surface area contributed by atoms with Gasteiger partial charge in [0.05, 0.1) is 32.0 Å². The molecule has 0 aliphatic heterocycles. The van der Waals surface area contributed by atoms with E-state index in [9.17, 15) is 4.79 Å². The van der Waals surface area contributed by atoms with Crippen molar-refractivity contribution in [2.75, 3.05) is 46.6 Å². The van der Waals surface area contributed by atoms with E-state index >= 15 is 0 Å². The predicted octanol–water partition coefficient (Wildman–Crippen LogP) is 0.620. The van der Waals surface area contributed by atoms with Gasteiger partial charge in [-0.3, -0.25) is 5.41 Å². The number of hydrogen-bond acceptors (Lipinski definition) is 5. The highest BCUT2D eigenvalue weighted by molar-refractivity contribution is 5.89. The van der Waals surface area contributed by atoms with Crippen molar-refractivity contribution in [2.24, 2.45) is 0 Å². The molecule has 0 amide bonds. The van der Waals surface area contributed by atoms with Gasteiger partial charge in [0, 0.05) is 13.6 Å². The van der Waals surface area contributed by atoms with Crippen LogP contribution in [-0.2, 0) is 14.2 Å². The first-order chi connectivity index (χ1) is 10.7. The number of carbonyl (C=O) groups excluding carboxylic acids is 1. The molecule has 0 saturated heterocycles. The van der Waals surface area contributed by atoms with Gasteiger partial charge in [-0.25, -0.2) is 4.79 Å². The summed E-state index contributed by atoms with van der Waals surface area (Å²) in [5, 5.41) is 12.8. The Balaban J connectivity index is 1.90. The first-order valence-electron chi connectivity index (χ1n) is 7.12. The predicted molar refractivity (Wildman–Crippen MR) is 83.2 cm³/mol. The lowest BCUT2D eigenvalue weighted by Gasteiger charge is -2.08. The van der Waals surface area contributed by atoms with Crippen LogP contribution < -0.4 is 10.6 Å². The number of guanidine groups is 1. The van der Waals surface area contributed by atoms with Gasteiger partial charge in [-0.2, -0.15) is 0 Å². The van der Waals surface area contributed by atoms with Gasteiger partial charge < -0.3 is 24.8 Å². The summed E-state index contributed by atoms with van der Waals surface area (Å²) in [6, 6.07) is 8.84. The summed E-state index contributed by atoms with van der Waals surface area (Å²) in [6.07, 6.45) is 0. The molecule has 0 fully saturated rings. The van der Waals surface area contributed by atoms with E-state index in [4.69, 9.17) is 19.6 Å². The van der Waals surface area contributed by atoms with Crippen molar-refractivity contribution in [3.05, 3.63) is 35.9 Å². The van der Waals surface area contributed by atoms with Crippen molar-refractivity contribution in [1.82, 2.24) is 10.6 Å². The van der Waals surface area contributed by atoms with Crippen LogP contribution in [0.25, 0.3) is 0 Å². The second-order valence-corrected chi connectivity index (χ2v) is 4.28. The lowest BCUT2D eigenvalue weighted by molar-refractivity contribution is 0.0153. The number of ether oxygens (including phenoxy) is 3. The van der Waals surface area contributed by atoms with Gasteiger partial charge in [-0.1, -0.05) is 18.2 Å². The molecular formula is C15H23N3O4. The molecule has 0 bridgehead atoms. The van der Waals surface area contributed by atoms with Gasteiger partial charge in [0.2, 0.25) is 0 Å². The van der Waals surface area contributed by atoms with Crippen LogP contribution in [0.15, 0.2) is 30.3 Å². The van der Waals surface area contributed by atoms with E-state index in [2.05, 4.69) is 10.6 Å². The Morgan fingerprint density at radius 2 is 1.68 bits per heavy atom. The number of rotatable bonds is 10. The molecule has 0 atom stereocenters. The van der Waals surface area contributed by atoms with Crippen LogP contribution in [0.3, 0.4) is 0 Å². The summed E-state index contributed by atoms with van der Waals surface area (Å²) in [6.45, 7) is 2.51. The van der Waals surface area contributed by atoms with E-state index in [-0.39, 0.29) is 18.5 Å². The Kier molecular flexibility index (Phi) is 9.40. The smallest absolute Gasteiger partial charge is 0.338 e. The Bertz CT molecular complexity index is 440. The zero-order valence-electron chi connectivity index (χ0n) is 12.8. The molecule has 3 N–H and O–H groups in total. The number of carbonyl (C=O) groups is 1. The number of hydrogen-bond donors (Lipinski definition) is 3. The van der Waals surface area contributed by atoms with Gasteiger partial charge in [0.1, 0.15) is 6.61 Å². The SMILES string of the molecule is CNC(=N)NCCOCCOCCOC(=O)c1ccccc1. The standard InChI is InChI=1S/C15H23N3O4/c1-17-15(16)18-7-8-20-9-10-21-11-12-22-14(19)13-5-3-2-4-6-13/h2-6H,7-12H2,1H3,(H3,16,17,18). The quantitative estimate of drug-likeness (QED) is 0.254. The minimum absolute atomic E-state index is 0.217. The van der Waals surface area contributed by atoms with Gasteiger partial charge >= 0.3 is 5.97 Å². The monoisotopic (exact) mass is 309 g/mol. The largest absolute Gasteiger partial charge is 0.460 e. The molecule has 1 aromatic rings. The maximum Gasteiger partial charge on any atom is 0.338 e. The van der Waals surface area contributed by atoms with Crippen molar-refractivity contribution in [2.45, 2.75) is 0 Å². The summed E-state index contributed by atoms with van der Waals surface area (Å²) in [7, 11) is 1.68. The summed E-state index contributed by atoms with van der Waals surface area (Å²) >= 11 is 0. The molecule has 0 heterocycles. The van der Waals surface area contributed by atoms with E-state index in [1.165, 1.54) is 0 Å². The average Bonchev–Trinajstić information content (AvgIpc) is 2.56. The number of benzene rings is 1. The van der Waals surface area contributed by atoms with E-state index < -0.39 is 0 Å². The van der Waals surface area contributed by atoms with Crippen LogP contribution in [0.2, 0.25) is 0 Å². The molecule has 0 unspecified atom stereocenters. The van der Waals surface area contributed by atoms with E-state index in [0.717, 1.165) is 0 Å². The van der Waals surface area contributed by atoms with Gasteiger partial charge in [0.15, 0.2) is 5.96 Å². The van der Waals surface area contributed by atoms with Crippen LogP contribution in [0.4, 0.5) is 0 Å². The molecule has 0 aliphatic rings. The highest BCUT2D eigenvalue weighted by Crippen LogP contribution is 2.00. The molecule has 0 saturated carbocycles. The minimum Gasteiger partial charge on any atom is -0.460 e. The first-order valence-corrected chi connectivity index (χ1v) is 7.12. The normalized spacial score (nSPS) is 10.0. The highest BCUT2D eigenvalue weighted by Gasteiger charge is 2.04. The molecule has 22 heavy (non-hydrogen) atoms. The molecular weight excluding hydrogens is 286 g/mol. The first kappa shape index (κ1) is 17.9. The lowest BCUT2D eigenvalue weighted by Crippen LogP contribution is -2.35. The summed E-state index contributed by atoms with van der Waals surface area (Å²) in [5.74, 6) is -0.0846. The van der Waals surface area contributed by atoms with Crippen molar-refractivity contribution in [3.63, 3.8) is 0 Å². The second-order valence-electron chi connectivity index (χ2n) is 4.28. The van der Waals surface area contributed by atoms with Crippen molar-refractivity contribution < 1.29 is 19.0 Å². The van der Waals surface area contributed by atoms with E-state index in [1.807, 2.05) is 6.07 Å². The Morgan fingerprint density at radius 3 is 2.36 bits per heavy atom. The molecule has 1 aromatic carbocycles. The Labute approximate surface area is 130 Å². The van der Waals surface area contributed by atoms with Gasteiger partial charge in [-0.05, 0) is 12.1 Å². The maximum absolute atomic E-state index is 11.6. The molecule has 1 rings (SSSR count). The van der Waals surface area contributed by atoms with E-state index in [0.29, 0.717) is 38.5 Å². The number of nitrogens with one attached hydrogen (secondary N) is 3. The molecule has 0 aliphatic carbocycles. The van der Waals surface area contributed by atoms with Gasteiger partial charge in [-0.15, -0.1) is 0 Å². The maximum atomic E-state index is 11.6. The fourth-order valence-electron chi connectivity index (χ4n) is 1.51. The van der Waals surface area contributed by atoms with Crippen LogP contribution in [0, 0.1) is 5.41 Å². The molecule has 0 aromatic heterocycles. The molecule has 0 spiro atoms. The highest BCUT2D eigenvalue weighted by atomic mass is 16.6. The zero-order valence-corrected chi connectivity index (χ0v) is 12.8.